The molecule has 1 aliphatic heterocycles. The van der Waals surface area contributed by atoms with Gasteiger partial charge < -0.3 is 34.2 Å². The van der Waals surface area contributed by atoms with Crippen LogP contribution in [0.15, 0.2) is 96.2 Å². The van der Waals surface area contributed by atoms with Crippen LogP contribution in [0.5, 0.6) is 11.5 Å². The predicted octanol–water partition coefficient (Wildman–Crippen LogP) is 8.25. The van der Waals surface area contributed by atoms with Crippen LogP contribution in [0.3, 0.4) is 0 Å². The van der Waals surface area contributed by atoms with Gasteiger partial charge in [-0.1, -0.05) is 60.5 Å². The molecule has 4 aliphatic rings. The fourth-order valence-corrected chi connectivity index (χ4v) is 9.32. The number of carbonyl (C=O) groups is 1. The van der Waals surface area contributed by atoms with Crippen LogP contribution in [0.25, 0.3) is 0 Å². The highest BCUT2D eigenvalue weighted by molar-refractivity contribution is 6.03. The zero-order valence-electron chi connectivity index (χ0n) is 32.7. The van der Waals surface area contributed by atoms with E-state index in [9.17, 15) is 23.8 Å². The van der Waals surface area contributed by atoms with Gasteiger partial charge in [0, 0.05) is 49.1 Å². The summed E-state index contributed by atoms with van der Waals surface area (Å²) in [6, 6.07) is 17.8. The summed E-state index contributed by atoms with van der Waals surface area (Å²) in [6.45, 7) is 4.55. The van der Waals surface area contributed by atoms with Crippen molar-refractivity contribution in [2.75, 3.05) is 26.9 Å². The highest BCUT2D eigenvalue weighted by Crippen LogP contribution is 2.62. The number of carbonyl (C=O) groups excluding carboxylic acids is 1. The maximum atomic E-state index is 14.7. The molecule has 11 heteroatoms. The van der Waals surface area contributed by atoms with E-state index in [-0.39, 0.29) is 80.6 Å². The standard InChI is InChI=1S/C46H54F2N2O7/c1-3-24-56-46-42(50(45(53)31-16-17-31)28-30-14-18-34(47)19-15-30)27-40(49-54-2)37-25-32(10-6-8-22-51)36(12-7-9-23-52)43(44(37)46)38-26-35(20-21-41(38)57-46)55-29-33-11-4-5-13-39(33)48/h3-5,11,13-15,18-21,25-26,31-32,36,42-44,51-52H,1,6-10,12,16-17,22-24,27-29H2,2H3/t32-,36+,42-,43+,44+,46+/m0/s1. The van der Waals surface area contributed by atoms with Crippen molar-refractivity contribution in [2.45, 2.75) is 88.7 Å². The Morgan fingerprint density at radius 1 is 1.02 bits per heavy atom. The molecule has 6 atom stereocenters. The molecular formula is C46H54F2N2O7. The van der Waals surface area contributed by atoms with E-state index in [1.165, 1.54) is 25.3 Å². The number of aliphatic hydroxyl groups is 2. The maximum absolute atomic E-state index is 14.7. The number of fused-ring (bicyclic) bond motifs is 2. The van der Waals surface area contributed by atoms with Gasteiger partial charge in [-0.25, -0.2) is 8.78 Å². The Kier molecular flexibility index (Phi) is 13.1. The molecule has 9 nitrogen and oxygen atoms in total. The van der Waals surface area contributed by atoms with Gasteiger partial charge in [0.1, 0.15) is 42.9 Å². The molecule has 7 rings (SSSR count). The molecule has 304 valence electrons. The molecule has 2 fully saturated rings. The number of benzene rings is 3. The van der Waals surface area contributed by atoms with Crippen LogP contribution in [0.1, 0.15) is 80.4 Å². The average molecular weight is 785 g/mol. The van der Waals surface area contributed by atoms with Crippen LogP contribution >= 0.6 is 0 Å². The molecule has 0 spiro atoms. The molecule has 0 bridgehead atoms. The smallest absolute Gasteiger partial charge is 0.239 e. The zero-order valence-corrected chi connectivity index (χ0v) is 32.7. The van der Waals surface area contributed by atoms with Crippen molar-refractivity contribution in [1.29, 1.82) is 0 Å². The lowest BCUT2D eigenvalue weighted by Gasteiger charge is -2.60. The summed E-state index contributed by atoms with van der Waals surface area (Å²) in [6.07, 6.45) is 10.3. The number of ether oxygens (including phenoxy) is 3. The van der Waals surface area contributed by atoms with Crippen molar-refractivity contribution < 1.29 is 42.8 Å². The topological polar surface area (TPSA) is 110 Å². The Bertz CT molecular complexity index is 1930. The summed E-state index contributed by atoms with van der Waals surface area (Å²) in [7, 11) is 1.52. The lowest BCUT2D eigenvalue weighted by atomic mass is 9.55. The SMILES string of the molecule is C=CCO[C@@]12Oc3ccc(OCc4ccccc4F)cc3[C@H]3[C@H](CCCCO)[C@@H](CCCCO)C=C(C(=NOC)C[C@@H]1N(Cc1ccc(F)cc1)C(=O)C1CC1)[C@H]32. The predicted molar refractivity (Wildman–Crippen MR) is 212 cm³/mol. The van der Waals surface area contributed by atoms with Gasteiger partial charge in [0.25, 0.3) is 0 Å². The second-order valence-corrected chi connectivity index (χ2v) is 15.7. The van der Waals surface area contributed by atoms with E-state index in [4.69, 9.17) is 19.0 Å². The molecule has 3 aromatic rings. The van der Waals surface area contributed by atoms with Crippen LogP contribution in [-0.4, -0.2) is 65.5 Å². The highest BCUT2D eigenvalue weighted by atomic mass is 19.1. The van der Waals surface area contributed by atoms with E-state index in [1.807, 2.05) is 23.1 Å². The number of oxime groups is 1. The van der Waals surface area contributed by atoms with Gasteiger partial charge in [0.15, 0.2) is 0 Å². The van der Waals surface area contributed by atoms with Crippen LogP contribution in [0.4, 0.5) is 8.78 Å². The summed E-state index contributed by atoms with van der Waals surface area (Å²) in [5, 5.41) is 24.3. The van der Waals surface area contributed by atoms with Crippen molar-refractivity contribution in [3.8, 4) is 11.5 Å². The molecule has 0 radical (unpaired) electrons. The van der Waals surface area contributed by atoms with Crippen molar-refractivity contribution in [1.82, 2.24) is 4.90 Å². The quantitative estimate of drug-likeness (QED) is 0.0716. The number of unbranched alkanes of at least 4 members (excludes halogenated alkanes) is 2. The second-order valence-electron chi connectivity index (χ2n) is 15.7. The van der Waals surface area contributed by atoms with Crippen molar-refractivity contribution in [2.24, 2.45) is 28.8 Å². The number of rotatable bonds is 19. The minimum Gasteiger partial charge on any atom is -0.489 e. The number of hydrogen-bond donors (Lipinski definition) is 2. The van der Waals surface area contributed by atoms with Crippen LogP contribution < -0.4 is 9.47 Å². The van der Waals surface area contributed by atoms with E-state index < -0.39 is 17.7 Å². The van der Waals surface area contributed by atoms with Gasteiger partial charge in [0.05, 0.1) is 18.2 Å². The number of halogens is 2. The molecule has 0 unspecified atom stereocenters. The number of allylic oxidation sites excluding steroid dienone is 1. The van der Waals surface area contributed by atoms with E-state index >= 15 is 0 Å². The average Bonchev–Trinajstić information content (AvgIpc) is 4.07. The van der Waals surface area contributed by atoms with Crippen LogP contribution in [0.2, 0.25) is 0 Å². The summed E-state index contributed by atoms with van der Waals surface area (Å²) in [5.41, 5.74) is 3.75. The largest absolute Gasteiger partial charge is 0.489 e. The first-order chi connectivity index (χ1) is 27.8. The van der Waals surface area contributed by atoms with Gasteiger partial charge >= 0.3 is 0 Å². The first-order valence-electron chi connectivity index (χ1n) is 20.3. The van der Waals surface area contributed by atoms with Gasteiger partial charge in [-0.3, -0.25) is 4.79 Å². The monoisotopic (exact) mass is 784 g/mol. The minimum absolute atomic E-state index is 0.0184. The molecule has 2 N–H and O–H groups in total. The summed E-state index contributed by atoms with van der Waals surface area (Å²) >= 11 is 0. The Hall–Kier alpha value is -4.58. The Morgan fingerprint density at radius 3 is 2.47 bits per heavy atom. The fraction of sp³-hybridized carbons (Fsp3) is 0.478. The van der Waals surface area contributed by atoms with Crippen molar-refractivity contribution in [3.05, 3.63) is 119 Å². The Morgan fingerprint density at radius 2 is 1.77 bits per heavy atom. The molecule has 3 aromatic carbocycles. The fourth-order valence-electron chi connectivity index (χ4n) is 9.32. The minimum atomic E-state index is -1.41. The number of hydrogen-bond acceptors (Lipinski definition) is 8. The summed E-state index contributed by atoms with van der Waals surface area (Å²) < 4.78 is 49.4. The first kappa shape index (κ1) is 40.6. The van der Waals surface area contributed by atoms with Gasteiger partial charge in [-0.05, 0) is 97.9 Å². The molecular weight excluding hydrogens is 731 g/mol. The molecule has 0 aromatic heterocycles. The molecule has 57 heavy (non-hydrogen) atoms. The first-order valence-corrected chi connectivity index (χ1v) is 20.3. The van der Waals surface area contributed by atoms with E-state index in [0.29, 0.717) is 35.6 Å². The maximum Gasteiger partial charge on any atom is 0.239 e. The van der Waals surface area contributed by atoms with Gasteiger partial charge in [0.2, 0.25) is 11.7 Å². The van der Waals surface area contributed by atoms with E-state index in [2.05, 4.69) is 17.8 Å². The molecule has 1 amide bonds. The number of amides is 1. The summed E-state index contributed by atoms with van der Waals surface area (Å²) in [4.78, 5) is 22.0. The third kappa shape index (κ3) is 8.66. The van der Waals surface area contributed by atoms with Gasteiger partial charge in [-0.15, -0.1) is 6.58 Å². The molecule has 3 aliphatic carbocycles. The lowest BCUT2D eigenvalue weighted by Crippen LogP contribution is -2.70. The Balaban J connectivity index is 1.41. The summed E-state index contributed by atoms with van der Waals surface area (Å²) in [5.74, 6) is -1.72. The lowest BCUT2D eigenvalue weighted by molar-refractivity contribution is -0.258. The van der Waals surface area contributed by atoms with Crippen LogP contribution in [-0.2, 0) is 27.5 Å². The second kappa shape index (κ2) is 18.3. The number of aliphatic hydroxyl groups excluding tert-OH is 2. The normalized spacial score (nSPS) is 25.5. The van der Waals surface area contributed by atoms with E-state index in [1.54, 1.807) is 36.4 Å². The Labute approximate surface area is 334 Å². The molecule has 0 saturated heterocycles. The highest BCUT2D eigenvalue weighted by Gasteiger charge is 2.66. The molecule has 2 saturated carbocycles. The van der Waals surface area contributed by atoms with E-state index in [0.717, 1.165) is 55.2 Å². The number of nitrogens with zero attached hydrogens (tertiary/aromatic N) is 2. The van der Waals surface area contributed by atoms with Crippen LogP contribution in [0, 0.1) is 35.3 Å². The van der Waals surface area contributed by atoms with Crippen molar-refractivity contribution in [3.63, 3.8) is 0 Å². The van der Waals surface area contributed by atoms with Crippen molar-refractivity contribution >= 4 is 11.6 Å². The molecule has 1 heterocycles. The third-order valence-electron chi connectivity index (χ3n) is 12.1. The third-order valence-corrected chi connectivity index (χ3v) is 12.1. The zero-order chi connectivity index (χ0) is 39.9. The van der Waals surface area contributed by atoms with Gasteiger partial charge in [-0.2, -0.15) is 0 Å².